The van der Waals surface area contributed by atoms with Crippen LogP contribution in [0, 0.1) is 0 Å². The van der Waals surface area contributed by atoms with E-state index in [2.05, 4.69) is 21.2 Å². The Kier molecular flexibility index (Phi) is 6.17. The maximum Gasteiger partial charge on any atom is 0.236 e. The summed E-state index contributed by atoms with van der Waals surface area (Å²) in [7, 11) is 0. The summed E-state index contributed by atoms with van der Waals surface area (Å²) in [6.45, 7) is 3.82. The molecule has 2 saturated heterocycles. The number of ether oxygens (including phenoxy) is 1. The Labute approximate surface area is 170 Å². The van der Waals surface area contributed by atoms with Crippen LogP contribution in [0.3, 0.4) is 0 Å². The van der Waals surface area contributed by atoms with Gasteiger partial charge in [0.1, 0.15) is 5.75 Å². The number of rotatable bonds is 7. The molecule has 3 heterocycles. The molecule has 0 saturated carbocycles. The Hall–Kier alpha value is -2.05. The summed E-state index contributed by atoms with van der Waals surface area (Å²) in [5, 5.41) is 8.27. The van der Waals surface area contributed by atoms with Crippen LogP contribution < -0.4 is 4.74 Å². The molecule has 2 aliphatic heterocycles. The van der Waals surface area contributed by atoms with Crippen molar-refractivity contribution in [3.8, 4) is 5.75 Å². The fourth-order valence-corrected chi connectivity index (χ4v) is 4.29. The molecule has 1 amide bonds. The third-order valence-electron chi connectivity index (χ3n) is 5.62. The van der Waals surface area contributed by atoms with Crippen molar-refractivity contribution in [3.63, 3.8) is 0 Å². The first-order valence-electron chi connectivity index (χ1n) is 10.1. The van der Waals surface area contributed by atoms with Crippen molar-refractivity contribution in [1.82, 2.24) is 20.0 Å². The smallest absolute Gasteiger partial charge is 0.236 e. The van der Waals surface area contributed by atoms with Gasteiger partial charge < -0.3 is 9.64 Å². The number of aromatic amines is 1. The van der Waals surface area contributed by atoms with E-state index in [1.165, 1.54) is 0 Å². The molecule has 2 fully saturated rings. The molecule has 4 rings (SSSR count). The molecule has 1 aromatic heterocycles. The topological polar surface area (TPSA) is 61.5 Å². The predicted octanol–water partition coefficient (Wildman–Crippen LogP) is 3.44. The van der Waals surface area contributed by atoms with Crippen LogP contribution in [-0.2, 0) is 11.2 Å². The third-order valence-corrected chi connectivity index (χ3v) is 5.93. The van der Waals surface area contributed by atoms with Crippen molar-refractivity contribution in [3.05, 3.63) is 46.7 Å². The van der Waals surface area contributed by atoms with Crippen molar-refractivity contribution >= 4 is 17.5 Å². The zero-order valence-corrected chi connectivity index (χ0v) is 16.8. The Morgan fingerprint density at radius 2 is 2.04 bits per heavy atom. The van der Waals surface area contributed by atoms with Crippen molar-refractivity contribution in [2.45, 2.75) is 38.1 Å². The number of benzene rings is 1. The Bertz CT molecular complexity index is 803. The largest absolute Gasteiger partial charge is 0.492 e. The maximum absolute atomic E-state index is 12.5. The number of hydrogen-bond donors (Lipinski definition) is 1. The van der Waals surface area contributed by atoms with Gasteiger partial charge in [0.25, 0.3) is 0 Å². The number of para-hydroxylation sites is 1. The van der Waals surface area contributed by atoms with Gasteiger partial charge in [0.15, 0.2) is 0 Å². The number of hydrogen-bond acceptors (Lipinski definition) is 4. The molecule has 1 N–H and O–H groups in total. The molecular weight excluding hydrogens is 376 g/mol. The lowest BCUT2D eigenvalue weighted by molar-refractivity contribution is -0.131. The van der Waals surface area contributed by atoms with E-state index >= 15 is 0 Å². The second kappa shape index (κ2) is 8.97. The second-order valence-electron chi connectivity index (χ2n) is 7.56. The predicted molar refractivity (Wildman–Crippen MR) is 109 cm³/mol. The first kappa shape index (κ1) is 19.3. The molecule has 7 heteroatoms. The molecule has 0 radical (unpaired) electrons. The lowest BCUT2D eigenvalue weighted by atomic mass is 10.1. The highest BCUT2D eigenvalue weighted by Crippen LogP contribution is 2.31. The van der Waals surface area contributed by atoms with E-state index in [4.69, 9.17) is 16.3 Å². The molecule has 2 aromatic rings. The molecule has 0 aliphatic carbocycles. The highest BCUT2D eigenvalue weighted by Gasteiger charge is 2.31. The van der Waals surface area contributed by atoms with E-state index in [0.29, 0.717) is 23.9 Å². The Morgan fingerprint density at radius 1 is 1.21 bits per heavy atom. The molecule has 2 aliphatic rings. The van der Waals surface area contributed by atoms with E-state index in [0.717, 1.165) is 63.1 Å². The molecule has 150 valence electrons. The van der Waals surface area contributed by atoms with E-state index in [9.17, 15) is 4.79 Å². The van der Waals surface area contributed by atoms with Crippen molar-refractivity contribution in [2.75, 3.05) is 32.8 Å². The number of carbonyl (C=O) groups excluding carboxylic acids is 1. The van der Waals surface area contributed by atoms with Crippen molar-refractivity contribution in [1.29, 1.82) is 0 Å². The van der Waals surface area contributed by atoms with Gasteiger partial charge in [0.2, 0.25) is 5.91 Å². The van der Waals surface area contributed by atoms with E-state index in [1.807, 2.05) is 29.2 Å². The molecule has 1 unspecified atom stereocenters. The summed E-state index contributed by atoms with van der Waals surface area (Å²) in [6, 6.07) is 9.82. The monoisotopic (exact) mass is 402 g/mol. The number of likely N-dealkylation sites (tertiary alicyclic amines) is 2. The van der Waals surface area contributed by atoms with Crippen LogP contribution in [0.15, 0.2) is 30.3 Å². The molecule has 0 bridgehead atoms. The molecule has 0 spiro atoms. The molecular formula is C21H27ClN4O2. The summed E-state index contributed by atoms with van der Waals surface area (Å²) < 4.78 is 5.77. The lowest BCUT2D eigenvalue weighted by Crippen LogP contribution is -2.38. The summed E-state index contributed by atoms with van der Waals surface area (Å²) in [4.78, 5) is 16.8. The quantitative estimate of drug-likeness (QED) is 0.770. The van der Waals surface area contributed by atoms with Gasteiger partial charge in [-0.15, -0.1) is 0 Å². The Balaban J connectivity index is 1.31. The first-order chi connectivity index (χ1) is 13.7. The number of halogens is 1. The first-order valence-corrected chi connectivity index (χ1v) is 10.5. The lowest BCUT2D eigenvalue weighted by Gasteiger charge is -2.25. The molecule has 6 nitrogen and oxygen atoms in total. The van der Waals surface area contributed by atoms with Crippen LogP contribution in [0.25, 0.3) is 0 Å². The van der Waals surface area contributed by atoms with Crippen molar-refractivity contribution < 1.29 is 9.53 Å². The van der Waals surface area contributed by atoms with Crippen molar-refractivity contribution in [2.24, 2.45) is 0 Å². The fourth-order valence-electron chi connectivity index (χ4n) is 4.10. The summed E-state index contributed by atoms with van der Waals surface area (Å²) in [6.07, 6.45) is 5.16. The van der Waals surface area contributed by atoms with Crippen LogP contribution in [0.4, 0.5) is 0 Å². The number of aromatic nitrogens is 2. The second-order valence-corrected chi connectivity index (χ2v) is 7.97. The summed E-state index contributed by atoms with van der Waals surface area (Å²) in [5.74, 6) is 0.958. The van der Waals surface area contributed by atoms with Crippen LogP contribution in [0.5, 0.6) is 5.75 Å². The van der Waals surface area contributed by atoms with E-state index in [-0.39, 0.29) is 11.9 Å². The highest BCUT2D eigenvalue weighted by molar-refractivity contribution is 6.32. The average Bonchev–Trinajstić information content (AvgIpc) is 3.45. The van der Waals surface area contributed by atoms with Gasteiger partial charge in [-0.3, -0.25) is 14.8 Å². The number of nitrogens with zero attached hydrogens (tertiary/aromatic N) is 3. The molecule has 1 aromatic carbocycles. The van der Waals surface area contributed by atoms with Gasteiger partial charge in [0.05, 0.1) is 29.9 Å². The minimum absolute atomic E-state index is 0.223. The number of H-pyrrole nitrogens is 1. The number of amides is 1. The summed E-state index contributed by atoms with van der Waals surface area (Å²) in [5.41, 5.74) is 2.07. The van der Waals surface area contributed by atoms with Gasteiger partial charge in [0, 0.05) is 25.2 Å². The maximum atomic E-state index is 12.5. The van der Waals surface area contributed by atoms with Crippen LogP contribution >= 0.6 is 11.6 Å². The van der Waals surface area contributed by atoms with Gasteiger partial charge in [-0.1, -0.05) is 23.7 Å². The van der Waals surface area contributed by atoms with E-state index < -0.39 is 0 Å². The van der Waals surface area contributed by atoms with Gasteiger partial charge in [-0.2, -0.15) is 5.10 Å². The van der Waals surface area contributed by atoms with Crippen LogP contribution in [0.1, 0.15) is 43.1 Å². The standard InChI is InChI=1S/C21H27ClN4O2/c22-17-6-1-2-8-20(17)28-13-9-16-14-18(24-23-16)19-7-5-12-26(19)15-21(27)25-10-3-4-11-25/h1-2,6,8,14,19H,3-5,7,9-13,15H2,(H,23,24). The average molecular weight is 403 g/mol. The zero-order chi connectivity index (χ0) is 19.3. The highest BCUT2D eigenvalue weighted by atomic mass is 35.5. The zero-order valence-electron chi connectivity index (χ0n) is 16.1. The number of nitrogens with one attached hydrogen (secondary N) is 1. The molecule has 1 atom stereocenters. The van der Waals surface area contributed by atoms with Gasteiger partial charge in [-0.05, 0) is 50.4 Å². The minimum Gasteiger partial charge on any atom is -0.492 e. The fraction of sp³-hybridized carbons (Fsp3) is 0.524. The van der Waals surface area contributed by atoms with Crippen LogP contribution in [0.2, 0.25) is 5.02 Å². The SMILES string of the molecule is O=C(CN1CCCC1c1cc(CCOc2ccccc2Cl)[nH]n1)N1CCCC1. The number of carbonyl (C=O) groups is 1. The summed E-state index contributed by atoms with van der Waals surface area (Å²) >= 11 is 6.12. The van der Waals surface area contributed by atoms with Gasteiger partial charge in [-0.25, -0.2) is 0 Å². The molecule has 28 heavy (non-hydrogen) atoms. The van der Waals surface area contributed by atoms with Crippen LogP contribution in [-0.4, -0.2) is 58.7 Å². The van der Waals surface area contributed by atoms with E-state index in [1.54, 1.807) is 0 Å². The Morgan fingerprint density at radius 3 is 2.86 bits per heavy atom. The third kappa shape index (κ3) is 4.50. The normalized spacial score (nSPS) is 20.0. The minimum atomic E-state index is 0.223. The van der Waals surface area contributed by atoms with Gasteiger partial charge >= 0.3 is 0 Å².